The van der Waals surface area contributed by atoms with Crippen molar-refractivity contribution in [2.75, 3.05) is 9.80 Å². The highest BCUT2D eigenvalue weighted by Crippen LogP contribution is 2.65. The average Bonchev–Trinajstić information content (AvgIpc) is 2.96. The lowest BCUT2D eigenvalue weighted by molar-refractivity contribution is 0.434. The van der Waals surface area contributed by atoms with Gasteiger partial charge in [-0.2, -0.15) is 0 Å². The van der Waals surface area contributed by atoms with Crippen molar-refractivity contribution in [2.45, 2.75) is 10.8 Å². The second kappa shape index (κ2) is 17.2. The number of para-hydroxylation sites is 8. The molecule has 0 fully saturated rings. The molecule has 4 heterocycles. The number of hydrogen-bond donors (Lipinski definition) is 0. The van der Waals surface area contributed by atoms with Gasteiger partial charge in [0, 0.05) is 39.2 Å². The second-order valence-electron chi connectivity index (χ2n) is 20.7. The Labute approximate surface area is 454 Å². The van der Waals surface area contributed by atoms with Gasteiger partial charge in [-0.1, -0.05) is 218 Å². The molecule has 0 radical (unpaired) electrons. The van der Waals surface area contributed by atoms with Gasteiger partial charge >= 0.3 is 0 Å². The lowest BCUT2D eigenvalue weighted by Gasteiger charge is -2.48. The summed E-state index contributed by atoms with van der Waals surface area (Å²) in [5.74, 6) is 3.45. The number of anilines is 6. The third kappa shape index (κ3) is 6.23. The van der Waals surface area contributed by atoms with E-state index in [1.54, 1.807) is 0 Å². The van der Waals surface area contributed by atoms with Gasteiger partial charge < -0.3 is 19.3 Å². The predicted octanol–water partition coefficient (Wildman–Crippen LogP) is 19.2. The van der Waals surface area contributed by atoms with Crippen molar-refractivity contribution in [3.8, 4) is 56.4 Å². The second-order valence-corrected chi connectivity index (χ2v) is 20.7. The summed E-state index contributed by atoms with van der Waals surface area (Å²) in [5.41, 5.74) is 21.3. The van der Waals surface area contributed by atoms with Crippen molar-refractivity contribution in [1.29, 1.82) is 0 Å². The number of benzene rings is 12. The van der Waals surface area contributed by atoms with Crippen LogP contribution in [-0.2, 0) is 10.8 Å². The topological polar surface area (TPSA) is 24.9 Å². The van der Waals surface area contributed by atoms with E-state index in [1.807, 2.05) is 0 Å². The van der Waals surface area contributed by atoms with Crippen molar-refractivity contribution in [3.05, 3.63) is 336 Å². The largest absolute Gasteiger partial charge is 0.457 e. The first-order valence-electron chi connectivity index (χ1n) is 26.8. The quantitative estimate of drug-likeness (QED) is 0.172. The molecule has 0 unspecified atom stereocenters. The number of fused-ring (bicyclic) bond motifs is 16. The molecule has 366 valence electrons. The summed E-state index contributed by atoms with van der Waals surface area (Å²) in [4.78, 5) is 4.90. The molecule has 0 bridgehead atoms. The molecule has 4 aliphatic heterocycles. The summed E-state index contributed by atoms with van der Waals surface area (Å²) in [5, 5.41) is 0. The fraction of sp³-hybridized carbons (Fsp3) is 0.0270. The summed E-state index contributed by atoms with van der Waals surface area (Å²) < 4.78 is 14.0. The van der Waals surface area contributed by atoms with Gasteiger partial charge in [-0.15, -0.1) is 0 Å². The van der Waals surface area contributed by atoms with Crippen molar-refractivity contribution < 1.29 is 9.47 Å². The van der Waals surface area contributed by atoms with Crippen molar-refractivity contribution in [2.24, 2.45) is 0 Å². The predicted molar refractivity (Wildman–Crippen MR) is 316 cm³/mol. The maximum Gasteiger partial charge on any atom is 0.140 e. The van der Waals surface area contributed by atoms with Gasteiger partial charge in [-0.05, 0) is 123 Å². The van der Waals surface area contributed by atoms with Gasteiger partial charge in [0.25, 0.3) is 0 Å². The Balaban J connectivity index is 0.865. The first-order valence-corrected chi connectivity index (χ1v) is 26.8. The zero-order valence-corrected chi connectivity index (χ0v) is 42.4. The molecule has 0 amide bonds. The van der Waals surface area contributed by atoms with Crippen molar-refractivity contribution >= 4 is 34.1 Å². The Bertz CT molecular complexity index is 4280. The molecule has 16 rings (SSSR count). The molecule has 78 heavy (non-hydrogen) atoms. The molecule has 2 spiro atoms. The third-order valence-electron chi connectivity index (χ3n) is 16.7. The summed E-state index contributed by atoms with van der Waals surface area (Å²) in [6.07, 6.45) is 0. The molecule has 0 saturated heterocycles. The van der Waals surface area contributed by atoms with Crippen LogP contribution in [0.25, 0.3) is 33.4 Å². The van der Waals surface area contributed by atoms with Crippen LogP contribution in [0.2, 0.25) is 0 Å². The van der Waals surface area contributed by atoms with Crippen LogP contribution in [0.1, 0.15) is 44.5 Å². The first kappa shape index (κ1) is 44.2. The van der Waals surface area contributed by atoms with Crippen LogP contribution in [-0.4, -0.2) is 0 Å². The van der Waals surface area contributed by atoms with Crippen molar-refractivity contribution in [1.82, 2.24) is 0 Å². The first-order chi connectivity index (χ1) is 38.7. The maximum absolute atomic E-state index is 7.25. The normalized spacial score (nSPS) is 14.3. The van der Waals surface area contributed by atoms with E-state index in [0.717, 1.165) is 107 Å². The highest BCUT2D eigenvalue weighted by Gasteiger charge is 2.53. The lowest BCUT2D eigenvalue weighted by atomic mass is 9.61. The Morgan fingerprint density at radius 2 is 0.628 bits per heavy atom. The number of nitrogens with zero attached hydrogens (tertiary/aromatic N) is 2. The smallest absolute Gasteiger partial charge is 0.140 e. The molecule has 4 heteroatoms. The van der Waals surface area contributed by atoms with E-state index in [1.165, 1.54) is 27.8 Å². The molecule has 0 aliphatic carbocycles. The third-order valence-corrected chi connectivity index (χ3v) is 16.7. The highest BCUT2D eigenvalue weighted by molar-refractivity contribution is 5.95. The zero-order valence-electron chi connectivity index (χ0n) is 42.4. The minimum Gasteiger partial charge on any atom is -0.457 e. The summed E-state index contributed by atoms with van der Waals surface area (Å²) >= 11 is 0. The molecule has 12 aromatic rings. The Kier molecular flexibility index (Phi) is 9.73. The van der Waals surface area contributed by atoms with Crippen LogP contribution in [0.5, 0.6) is 23.0 Å². The number of rotatable bonds is 5. The van der Waals surface area contributed by atoms with Crippen LogP contribution in [0.4, 0.5) is 34.1 Å². The van der Waals surface area contributed by atoms with E-state index in [4.69, 9.17) is 9.47 Å². The fourth-order valence-corrected chi connectivity index (χ4v) is 13.6. The summed E-state index contributed by atoms with van der Waals surface area (Å²) in [6.45, 7) is 0. The van der Waals surface area contributed by atoms with E-state index in [2.05, 4.69) is 301 Å². The van der Waals surface area contributed by atoms with Gasteiger partial charge in [0.1, 0.15) is 23.0 Å². The molecule has 0 aromatic heterocycles. The molecule has 0 saturated carbocycles. The van der Waals surface area contributed by atoms with Crippen LogP contribution < -0.4 is 19.3 Å². The standard InChI is InChI=1S/C74H48N2O2/c1-3-22-49(23-4-1)52-44-45-60-68(48-52)76(67-40-15-7-31-57(67)73(60)61-34-10-16-41-69(61)77-70-42-17-11-35-62(70)73)55-29-20-25-51(47-55)50-24-19-26-53(46-50)56-30-21-37-64-72(56)78-71-43-18-12-36-63(71)74(64)58-32-8-13-38-65(58)75(54-27-5-2-6-28-54)66-39-14-9-33-59(66)74/h1-48H. The molecular formula is C74H48N2O2. The summed E-state index contributed by atoms with van der Waals surface area (Å²) in [6, 6.07) is 106. The Morgan fingerprint density at radius 3 is 1.24 bits per heavy atom. The molecule has 0 N–H and O–H groups in total. The van der Waals surface area contributed by atoms with Crippen LogP contribution in [0.15, 0.2) is 291 Å². The van der Waals surface area contributed by atoms with Crippen molar-refractivity contribution in [3.63, 3.8) is 0 Å². The minimum absolute atomic E-state index is 0.659. The van der Waals surface area contributed by atoms with Crippen LogP contribution in [0, 0.1) is 0 Å². The fourth-order valence-electron chi connectivity index (χ4n) is 13.6. The van der Waals surface area contributed by atoms with E-state index in [0.29, 0.717) is 0 Å². The van der Waals surface area contributed by atoms with Gasteiger partial charge in [0.15, 0.2) is 0 Å². The molecule has 0 atom stereocenters. The van der Waals surface area contributed by atoms with Crippen LogP contribution in [0.3, 0.4) is 0 Å². The molecular weight excluding hydrogens is 949 g/mol. The van der Waals surface area contributed by atoms with Gasteiger partial charge in [0.05, 0.1) is 33.6 Å². The van der Waals surface area contributed by atoms with E-state index >= 15 is 0 Å². The van der Waals surface area contributed by atoms with E-state index in [-0.39, 0.29) is 0 Å². The SMILES string of the molecule is c1ccc(-c2ccc3c(c2)N(c2cccc(-c4cccc(-c5cccc6c5Oc5ccccc5C65c6ccccc6N(c6ccccc6)c6ccccc65)c4)c2)c2ccccc2C32c3ccccc3Oc3ccccc32)cc1. The van der Waals surface area contributed by atoms with Gasteiger partial charge in [0.2, 0.25) is 0 Å². The molecule has 4 aliphatic rings. The van der Waals surface area contributed by atoms with Gasteiger partial charge in [-0.25, -0.2) is 0 Å². The highest BCUT2D eigenvalue weighted by atomic mass is 16.5. The molecule has 12 aromatic carbocycles. The lowest BCUT2D eigenvalue weighted by Crippen LogP contribution is -2.39. The Hall–Kier alpha value is -10.2. The van der Waals surface area contributed by atoms with Gasteiger partial charge in [-0.3, -0.25) is 0 Å². The average molecular weight is 997 g/mol. The maximum atomic E-state index is 7.25. The summed E-state index contributed by atoms with van der Waals surface area (Å²) in [7, 11) is 0. The molecule has 4 nitrogen and oxygen atoms in total. The zero-order chi connectivity index (χ0) is 51.4. The minimum atomic E-state index is -0.681. The number of hydrogen-bond acceptors (Lipinski definition) is 4. The van der Waals surface area contributed by atoms with E-state index in [9.17, 15) is 0 Å². The van der Waals surface area contributed by atoms with Crippen LogP contribution >= 0.6 is 0 Å². The Morgan fingerprint density at radius 1 is 0.231 bits per heavy atom. The monoisotopic (exact) mass is 996 g/mol. The number of ether oxygens (including phenoxy) is 2. The van der Waals surface area contributed by atoms with E-state index < -0.39 is 10.8 Å².